The van der Waals surface area contributed by atoms with Gasteiger partial charge in [0.25, 0.3) is 0 Å². The fraction of sp³-hybridized carbons (Fsp3) is 0.278. The second-order valence-electron chi connectivity index (χ2n) is 6.14. The molecular weight excluding hydrogens is 427 g/mol. The van der Waals surface area contributed by atoms with Crippen LogP contribution in [0.25, 0.3) is 0 Å². The maximum Gasteiger partial charge on any atom is 0.340 e. The Hall–Kier alpha value is -1.84. The van der Waals surface area contributed by atoms with Gasteiger partial charge < -0.3 is 14.4 Å². The molecule has 1 fully saturated rings. The van der Waals surface area contributed by atoms with Crippen LogP contribution in [0.3, 0.4) is 0 Å². The minimum atomic E-state index is -3.97. The van der Waals surface area contributed by atoms with E-state index in [0.29, 0.717) is 47.6 Å². The van der Waals surface area contributed by atoms with Gasteiger partial charge in [0.2, 0.25) is 10.0 Å². The molecule has 0 spiro atoms. The lowest BCUT2D eigenvalue weighted by atomic mass is 10.1. The number of carbonyl (C=O) groups is 1. The van der Waals surface area contributed by atoms with Crippen LogP contribution in [0, 0.1) is 0 Å². The third-order valence-electron chi connectivity index (χ3n) is 4.24. The summed E-state index contributed by atoms with van der Waals surface area (Å²) >= 11 is 12.0. The number of hydrogen-bond acceptors (Lipinski definition) is 6. The van der Waals surface area contributed by atoms with E-state index in [4.69, 9.17) is 37.8 Å². The van der Waals surface area contributed by atoms with Crippen LogP contribution in [-0.4, -0.2) is 40.7 Å². The van der Waals surface area contributed by atoms with Crippen LogP contribution in [0.1, 0.15) is 15.9 Å². The summed E-state index contributed by atoms with van der Waals surface area (Å²) < 4.78 is 34.1. The number of primary sulfonamides is 1. The van der Waals surface area contributed by atoms with Crippen molar-refractivity contribution in [2.24, 2.45) is 5.14 Å². The highest BCUT2D eigenvalue weighted by Crippen LogP contribution is 2.27. The molecule has 7 nitrogen and oxygen atoms in total. The number of esters is 1. The Morgan fingerprint density at radius 2 is 1.86 bits per heavy atom. The van der Waals surface area contributed by atoms with Gasteiger partial charge in [0.15, 0.2) is 0 Å². The average Bonchev–Trinajstić information content (AvgIpc) is 2.66. The van der Waals surface area contributed by atoms with Crippen LogP contribution in [0.15, 0.2) is 41.3 Å². The van der Waals surface area contributed by atoms with E-state index in [1.807, 2.05) is 4.90 Å². The standard InChI is InChI=1S/C18H18Cl2N2O5S/c19-13-2-1-12(16(20)9-13)11-27-18(23)15-10-14(28(21,24)25)3-4-17(15)22-5-7-26-8-6-22/h1-4,9-10H,5-8,11H2,(H2,21,24,25). The molecule has 3 rings (SSSR count). The number of morpholine rings is 1. The molecule has 0 saturated carbocycles. The zero-order valence-electron chi connectivity index (χ0n) is 14.7. The lowest BCUT2D eigenvalue weighted by Gasteiger charge is -2.30. The first-order valence-corrected chi connectivity index (χ1v) is 10.7. The zero-order chi connectivity index (χ0) is 20.3. The predicted molar refractivity (Wildman–Crippen MR) is 106 cm³/mol. The minimum absolute atomic E-state index is 0.0863. The number of nitrogens with two attached hydrogens (primary N) is 1. The molecule has 1 aliphatic heterocycles. The molecule has 150 valence electrons. The van der Waals surface area contributed by atoms with E-state index in [2.05, 4.69) is 0 Å². The van der Waals surface area contributed by atoms with Gasteiger partial charge >= 0.3 is 5.97 Å². The predicted octanol–water partition coefficient (Wildman–Crippen LogP) is 2.83. The van der Waals surface area contributed by atoms with Gasteiger partial charge in [-0.25, -0.2) is 18.4 Å². The number of ether oxygens (including phenoxy) is 2. The molecule has 0 aliphatic carbocycles. The van der Waals surface area contributed by atoms with E-state index in [1.165, 1.54) is 12.1 Å². The van der Waals surface area contributed by atoms with Gasteiger partial charge in [-0.15, -0.1) is 0 Å². The topological polar surface area (TPSA) is 98.9 Å². The molecule has 2 N–H and O–H groups in total. The Labute approximate surface area is 173 Å². The molecule has 1 aliphatic rings. The Morgan fingerprint density at radius 3 is 2.50 bits per heavy atom. The van der Waals surface area contributed by atoms with E-state index < -0.39 is 16.0 Å². The summed E-state index contributed by atoms with van der Waals surface area (Å²) in [6.07, 6.45) is 0. The van der Waals surface area contributed by atoms with Crippen molar-refractivity contribution in [1.82, 2.24) is 0 Å². The van der Waals surface area contributed by atoms with E-state index in [-0.39, 0.29) is 17.1 Å². The molecule has 1 saturated heterocycles. The number of carbonyl (C=O) groups excluding carboxylic acids is 1. The van der Waals surface area contributed by atoms with E-state index in [9.17, 15) is 13.2 Å². The largest absolute Gasteiger partial charge is 0.457 e. The van der Waals surface area contributed by atoms with Crippen molar-refractivity contribution in [3.05, 3.63) is 57.6 Å². The molecule has 0 atom stereocenters. The van der Waals surface area contributed by atoms with Gasteiger partial charge in [-0.1, -0.05) is 29.3 Å². The van der Waals surface area contributed by atoms with E-state index in [0.717, 1.165) is 0 Å². The van der Waals surface area contributed by atoms with Crippen molar-refractivity contribution in [2.75, 3.05) is 31.2 Å². The summed E-state index contributed by atoms with van der Waals surface area (Å²) in [6, 6.07) is 8.99. The fourth-order valence-electron chi connectivity index (χ4n) is 2.80. The number of anilines is 1. The molecule has 2 aromatic rings. The van der Waals surface area contributed by atoms with Crippen molar-refractivity contribution < 1.29 is 22.7 Å². The highest BCUT2D eigenvalue weighted by molar-refractivity contribution is 7.89. The Morgan fingerprint density at radius 1 is 1.14 bits per heavy atom. The van der Waals surface area contributed by atoms with Crippen molar-refractivity contribution in [3.63, 3.8) is 0 Å². The second-order valence-corrected chi connectivity index (χ2v) is 8.54. The molecule has 0 bridgehead atoms. The van der Waals surface area contributed by atoms with Gasteiger partial charge in [0.05, 0.1) is 29.4 Å². The molecule has 28 heavy (non-hydrogen) atoms. The highest BCUT2D eigenvalue weighted by Gasteiger charge is 2.23. The second kappa shape index (κ2) is 8.67. The van der Waals surface area contributed by atoms with Crippen LogP contribution < -0.4 is 10.0 Å². The smallest absolute Gasteiger partial charge is 0.340 e. The van der Waals surface area contributed by atoms with Gasteiger partial charge in [0.1, 0.15) is 6.61 Å². The van der Waals surface area contributed by atoms with Gasteiger partial charge in [-0.2, -0.15) is 0 Å². The molecule has 0 aromatic heterocycles. The summed E-state index contributed by atoms with van der Waals surface area (Å²) in [7, 11) is -3.97. The lowest BCUT2D eigenvalue weighted by Crippen LogP contribution is -2.37. The number of benzene rings is 2. The van der Waals surface area contributed by atoms with Crippen LogP contribution in [0.5, 0.6) is 0 Å². The molecule has 0 unspecified atom stereocenters. The number of sulfonamides is 1. The van der Waals surface area contributed by atoms with Crippen molar-refractivity contribution in [3.8, 4) is 0 Å². The lowest BCUT2D eigenvalue weighted by molar-refractivity contribution is 0.0472. The monoisotopic (exact) mass is 444 g/mol. The minimum Gasteiger partial charge on any atom is -0.457 e. The third-order valence-corrected chi connectivity index (χ3v) is 5.74. The Kier molecular flexibility index (Phi) is 6.47. The average molecular weight is 445 g/mol. The summed E-state index contributed by atoms with van der Waals surface area (Å²) in [5.74, 6) is -0.682. The first-order chi connectivity index (χ1) is 13.3. The van der Waals surface area contributed by atoms with Gasteiger partial charge in [-0.3, -0.25) is 0 Å². The number of halogens is 2. The van der Waals surface area contributed by atoms with Gasteiger partial charge in [0, 0.05) is 28.7 Å². The Bertz CT molecular complexity index is 991. The fourth-order valence-corrected chi connectivity index (χ4v) is 3.80. The van der Waals surface area contributed by atoms with E-state index >= 15 is 0 Å². The molecule has 0 radical (unpaired) electrons. The number of hydrogen-bond donors (Lipinski definition) is 1. The van der Waals surface area contributed by atoms with Crippen LogP contribution >= 0.6 is 23.2 Å². The maximum atomic E-state index is 12.8. The zero-order valence-corrected chi connectivity index (χ0v) is 17.1. The summed E-state index contributed by atoms with van der Waals surface area (Å²) in [5.41, 5.74) is 1.25. The highest BCUT2D eigenvalue weighted by atomic mass is 35.5. The summed E-state index contributed by atoms with van der Waals surface area (Å²) in [4.78, 5) is 14.5. The number of nitrogens with zero attached hydrogens (tertiary/aromatic N) is 1. The summed E-state index contributed by atoms with van der Waals surface area (Å²) in [5, 5.41) is 6.05. The van der Waals surface area contributed by atoms with Crippen LogP contribution in [0.4, 0.5) is 5.69 Å². The molecule has 2 aromatic carbocycles. The molecule has 10 heteroatoms. The van der Waals surface area contributed by atoms with Gasteiger partial charge in [-0.05, 0) is 30.3 Å². The molecule has 1 heterocycles. The summed E-state index contributed by atoms with van der Waals surface area (Å²) in [6.45, 7) is 2.06. The SMILES string of the molecule is NS(=O)(=O)c1ccc(N2CCOCC2)c(C(=O)OCc2ccc(Cl)cc2Cl)c1. The first kappa shape index (κ1) is 20.9. The van der Waals surface area contributed by atoms with Crippen molar-refractivity contribution in [2.45, 2.75) is 11.5 Å². The maximum absolute atomic E-state index is 12.8. The van der Waals surface area contributed by atoms with Crippen molar-refractivity contribution >= 4 is 44.9 Å². The van der Waals surface area contributed by atoms with E-state index in [1.54, 1.807) is 24.3 Å². The molecular formula is C18H18Cl2N2O5S. The first-order valence-electron chi connectivity index (χ1n) is 8.36. The third kappa shape index (κ3) is 4.95. The quantitative estimate of drug-likeness (QED) is 0.711. The Balaban J connectivity index is 1.89. The number of rotatable bonds is 5. The molecule has 0 amide bonds. The van der Waals surface area contributed by atoms with Crippen molar-refractivity contribution in [1.29, 1.82) is 0 Å². The van der Waals surface area contributed by atoms with Crippen LogP contribution in [-0.2, 0) is 26.1 Å². The van der Waals surface area contributed by atoms with Crippen LogP contribution in [0.2, 0.25) is 10.0 Å². The normalized spacial score (nSPS) is 14.8.